The van der Waals surface area contributed by atoms with E-state index in [1.165, 1.54) is 16.7 Å². The van der Waals surface area contributed by atoms with E-state index in [9.17, 15) is 0 Å². The zero-order valence-corrected chi connectivity index (χ0v) is 10.9. The van der Waals surface area contributed by atoms with Crippen LogP contribution in [-0.4, -0.2) is 0 Å². The van der Waals surface area contributed by atoms with E-state index in [4.69, 9.17) is 0 Å². The molecule has 0 aliphatic carbocycles. The maximum atomic E-state index is 3.54. The molecular formula is C15H23. The SMILES string of the molecule is CC(C)c1[c]c(C(C)C)cc(C(C)C)c1. The Morgan fingerprint density at radius 2 is 1.13 bits per heavy atom. The lowest BCUT2D eigenvalue weighted by Crippen LogP contribution is -1.98. The first-order chi connectivity index (χ1) is 6.91. The van der Waals surface area contributed by atoms with Crippen LogP contribution in [0.5, 0.6) is 0 Å². The lowest BCUT2D eigenvalue weighted by molar-refractivity contribution is 0.802. The number of hydrogen-bond donors (Lipinski definition) is 0. The molecule has 0 saturated carbocycles. The van der Waals surface area contributed by atoms with E-state index in [0.29, 0.717) is 17.8 Å². The van der Waals surface area contributed by atoms with Crippen molar-refractivity contribution in [3.8, 4) is 0 Å². The lowest BCUT2D eigenvalue weighted by Gasteiger charge is -2.15. The van der Waals surface area contributed by atoms with Gasteiger partial charge in [-0.2, -0.15) is 0 Å². The molecule has 0 atom stereocenters. The van der Waals surface area contributed by atoms with E-state index in [0.717, 1.165) is 0 Å². The quantitative estimate of drug-likeness (QED) is 0.658. The summed E-state index contributed by atoms with van der Waals surface area (Å²) in [6.45, 7) is 13.5. The van der Waals surface area contributed by atoms with Gasteiger partial charge in [-0.25, -0.2) is 0 Å². The molecule has 0 heterocycles. The Morgan fingerprint density at radius 1 is 0.733 bits per heavy atom. The van der Waals surface area contributed by atoms with Gasteiger partial charge in [0.25, 0.3) is 0 Å². The molecular weight excluding hydrogens is 180 g/mol. The fourth-order valence-electron chi connectivity index (χ4n) is 1.59. The van der Waals surface area contributed by atoms with Gasteiger partial charge in [0.2, 0.25) is 0 Å². The molecule has 0 saturated heterocycles. The number of rotatable bonds is 3. The van der Waals surface area contributed by atoms with Crippen LogP contribution in [0.4, 0.5) is 0 Å². The minimum Gasteiger partial charge on any atom is -0.0587 e. The fourth-order valence-corrected chi connectivity index (χ4v) is 1.59. The van der Waals surface area contributed by atoms with Gasteiger partial charge < -0.3 is 0 Å². The second kappa shape index (κ2) is 4.83. The van der Waals surface area contributed by atoms with Crippen molar-refractivity contribution in [2.24, 2.45) is 0 Å². The molecule has 0 bridgehead atoms. The first kappa shape index (κ1) is 12.3. The first-order valence-electron chi connectivity index (χ1n) is 5.98. The van der Waals surface area contributed by atoms with Gasteiger partial charge in [-0.05, 0) is 40.5 Å². The highest BCUT2D eigenvalue weighted by atomic mass is 14.1. The van der Waals surface area contributed by atoms with Crippen LogP contribution in [-0.2, 0) is 0 Å². The molecule has 0 N–H and O–H groups in total. The molecule has 1 aromatic carbocycles. The predicted molar refractivity (Wildman–Crippen MR) is 67.5 cm³/mol. The summed E-state index contributed by atoms with van der Waals surface area (Å²) in [5.41, 5.74) is 4.15. The largest absolute Gasteiger partial charge is 0.0587 e. The molecule has 0 amide bonds. The average Bonchev–Trinajstić information content (AvgIpc) is 2.16. The van der Waals surface area contributed by atoms with Crippen molar-refractivity contribution in [1.29, 1.82) is 0 Å². The Morgan fingerprint density at radius 3 is 1.40 bits per heavy atom. The minimum absolute atomic E-state index is 0.571. The molecule has 0 spiro atoms. The van der Waals surface area contributed by atoms with E-state index < -0.39 is 0 Å². The van der Waals surface area contributed by atoms with Crippen LogP contribution in [0.1, 0.15) is 76.0 Å². The summed E-state index contributed by atoms with van der Waals surface area (Å²) in [6.07, 6.45) is 0. The van der Waals surface area contributed by atoms with E-state index in [1.54, 1.807) is 0 Å². The Labute approximate surface area is 94.7 Å². The highest BCUT2D eigenvalue weighted by molar-refractivity contribution is 5.33. The van der Waals surface area contributed by atoms with Crippen LogP contribution in [0.15, 0.2) is 12.1 Å². The van der Waals surface area contributed by atoms with Crippen molar-refractivity contribution in [3.05, 3.63) is 34.9 Å². The maximum absolute atomic E-state index is 3.54. The third kappa shape index (κ3) is 3.09. The summed E-state index contributed by atoms with van der Waals surface area (Å²) < 4.78 is 0. The Hall–Kier alpha value is -0.780. The fraction of sp³-hybridized carbons (Fsp3) is 0.600. The Kier molecular flexibility index (Phi) is 3.96. The lowest BCUT2D eigenvalue weighted by atomic mass is 9.90. The topological polar surface area (TPSA) is 0 Å². The molecule has 0 aliphatic rings. The van der Waals surface area contributed by atoms with Crippen LogP contribution in [0.2, 0.25) is 0 Å². The Balaban J connectivity index is 3.20. The van der Waals surface area contributed by atoms with Gasteiger partial charge in [0.05, 0.1) is 0 Å². The first-order valence-corrected chi connectivity index (χ1v) is 5.98. The van der Waals surface area contributed by atoms with Crippen molar-refractivity contribution < 1.29 is 0 Å². The van der Waals surface area contributed by atoms with Crippen molar-refractivity contribution in [2.45, 2.75) is 59.3 Å². The molecule has 0 unspecified atom stereocenters. The van der Waals surface area contributed by atoms with Gasteiger partial charge in [0.1, 0.15) is 0 Å². The third-order valence-electron chi connectivity index (χ3n) is 2.84. The zero-order chi connectivity index (χ0) is 11.6. The summed E-state index contributed by atoms with van der Waals surface area (Å²) in [6, 6.07) is 8.15. The van der Waals surface area contributed by atoms with E-state index in [2.05, 4.69) is 59.7 Å². The van der Waals surface area contributed by atoms with Gasteiger partial charge in [-0.3, -0.25) is 0 Å². The highest BCUT2D eigenvalue weighted by Gasteiger charge is 2.09. The Bertz CT molecular complexity index is 254. The molecule has 1 aromatic rings. The van der Waals surface area contributed by atoms with Crippen LogP contribution in [0.25, 0.3) is 0 Å². The van der Waals surface area contributed by atoms with E-state index >= 15 is 0 Å². The van der Waals surface area contributed by atoms with Crippen molar-refractivity contribution in [3.63, 3.8) is 0 Å². The molecule has 83 valence electrons. The number of hydrogen-bond acceptors (Lipinski definition) is 0. The summed E-state index contributed by atoms with van der Waals surface area (Å²) in [5, 5.41) is 0. The predicted octanol–water partition coefficient (Wildman–Crippen LogP) is 4.86. The third-order valence-corrected chi connectivity index (χ3v) is 2.84. The zero-order valence-electron chi connectivity index (χ0n) is 10.9. The van der Waals surface area contributed by atoms with Crippen LogP contribution < -0.4 is 0 Å². The summed E-state index contributed by atoms with van der Waals surface area (Å²) in [4.78, 5) is 0. The van der Waals surface area contributed by atoms with Gasteiger partial charge in [-0.1, -0.05) is 53.7 Å². The van der Waals surface area contributed by atoms with Crippen molar-refractivity contribution >= 4 is 0 Å². The van der Waals surface area contributed by atoms with Crippen molar-refractivity contribution in [1.82, 2.24) is 0 Å². The standard InChI is InChI=1S/C15H23/c1-10(2)13-7-14(11(3)4)9-15(8-13)12(5)6/h7-8,10-12H,1-6H3. The highest BCUT2D eigenvalue weighted by Crippen LogP contribution is 2.26. The van der Waals surface area contributed by atoms with Crippen molar-refractivity contribution in [2.75, 3.05) is 0 Å². The molecule has 0 heteroatoms. The average molecular weight is 203 g/mol. The molecule has 1 radical (unpaired) electrons. The molecule has 0 fully saturated rings. The maximum Gasteiger partial charge on any atom is -0.0109 e. The van der Waals surface area contributed by atoms with Gasteiger partial charge in [0.15, 0.2) is 0 Å². The second-order valence-electron chi connectivity index (χ2n) is 5.29. The summed E-state index contributed by atoms with van der Waals surface area (Å²) in [5.74, 6) is 1.75. The van der Waals surface area contributed by atoms with Gasteiger partial charge in [0, 0.05) is 0 Å². The monoisotopic (exact) mass is 203 g/mol. The normalized spacial score (nSPS) is 11.8. The molecule has 0 aliphatic heterocycles. The van der Waals surface area contributed by atoms with Gasteiger partial charge in [-0.15, -0.1) is 0 Å². The summed E-state index contributed by atoms with van der Waals surface area (Å²) >= 11 is 0. The van der Waals surface area contributed by atoms with Crippen LogP contribution in [0, 0.1) is 6.07 Å². The molecule has 0 nitrogen and oxygen atoms in total. The minimum atomic E-state index is 0.571. The van der Waals surface area contributed by atoms with Crippen LogP contribution >= 0.6 is 0 Å². The number of benzene rings is 1. The van der Waals surface area contributed by atoms with Crippen LogP contribution in [0.3, 0.4) is 0 Å². The molecule has 0 aromatic heterocycles. The second-order valence-corrected chi connectivity index (χ2v) is 5.29. The molecule has 15 heavy (non-hydrogen) atoms. The van der Waals surface area contributed by atoms with E-state index in [1.807, 2.05) is 0 Å². The van der Waals surface area contributed by atoms with Gasteiger partial charge >= 0.3 is 0 Å². The smallest absolute Gasteiger partial charge is 0.0109 e. The molecule has 1 rings (SSSR count). The van der Waals surface area contributed by atoms with E-state index in [-0.39, 0.29) is 0 Å². The summed E-state index contributed by atoms with van der Waals surface area (Å²) in [7, 11) is 0.